The SMILES string of the molecule is CC1CC(C)(C)N[C@@H]1C(=O)N[C@@H](CCCNC(N)=O)C(=O)Nc1ccc(CC(C)(C)C)cc1. The number of amides is 4. The number of hydrogen-bond donors (Lipinski definition) is 5. The molecule has 0 radical (unpaired) electrons. The minimum atomic E-state index is -0.723. The molecule has 1 saturated heterocycles. The van der Waals surface area contributed by atoms with Crippen LogP contribution in [0.1, 0.15) is 66.4 Å². The zero-order valence-corrected chi connectivity index (χ0v) is 20.9. The third kappa shape index (κ3) is 9.04. The molecule has 8 nitrogen and oxygen atoms in total. The van der Waals surface area contributed by atoms with Gasteiger partial charge in [-0.2, -0.15) is 0 Å². The highest BCUT2D eigenvalue weighted by molar-refractivity contribution is 5.98. The normalized spacial score (nSPS) is 20.7. The number of carbonyl (C=O) groups excluding carboxylic acids is 3. The Morgan fingerprint density at radius 2 is 1.82 bits per heavy atom. The lowest BCUT2D eigenvalue weighted by Gasteiger charge is -2.24. The molecular formula is C25H41N5O3. The summed E-state index contributed by atoms with van der Waals surface area (Å²) < 4.78 is 0. The predicted molar refractivity (Wildman–Crippen MR) is 132 cm³/mol. The fraction of sp³-hybridized carbons (Fsp3) is 0.640. The van der Waals surface area contributed by atoms with E-state index in [9.17, 15) is 14.4 Å². The van der Waals surface area contributed by atoms with Crippen molar-refractivity contribution < 1.29 is 14.4 Å². The van der Waals surface area contributed by atoms with Gasteiger partial charge in [0, 0.05) is 17.8 Å². The molecule has 0 spiro atoms. The van der Waals surface area contributed by atoms with E-state index in [1.165, 1.54) is 5.56 Å². The van der Waals surface area contributed by atoms with Crippen LogP contribution >= 0.6 is 0 Å². The average molecular weight is 460 g/mol. The van der Waals surface area contributed by atoms with Crippen LogP contribution in [0, 0.1) is 11.3 Å². The first kappa shape index (κ1) is 26.6. The van der Waals surface area contributed by atoms with E-state index in [0.717, 1.165) is 12.8 Å². The lowest BCUT2D eigenvalue weighted by atomic mass is 9.88. The minimum Gasteiger partial charge on any atom is -0.352 e. The molecule has 1 aromatic rings. The molecule has 1 unspecified atom stereocenters. The fourth-order valence-corrected chi connectivity index (χ4v) is 4.46. The van der Waals surface area contributed by atoms with Crippen LogP contribution in [-0.2, 0) is 16.0 Å². The maximum atomic E-state index is 13.1. The zero-order chi connectivity index (χ0) is 24.8. The largest absolute Gasteiger partial charge is 0.352 e. The van der Waals surface area contributed by atoms with Gasteiger partial charge in [-0.3, -0.25) is 9.59 Å². The molecule has 0 bridgehead atoms. The Labute approximate surface area is 197 Å². The van der Waals surface area contributed by atoms with E-state index in [2.05, 4.69) is 55.9 Å². The number of primary amides is 1. The lowest BCUT2D eigenvalue weighted by molar-refractivity contribution is -0.128. The first-order chi connectivity index (χ1) is 15.3. The third-order valence-corrected chi connectivity index (χ3v) is 5.79. The van der Waals surface area contributed by atoms with E-state index in [-0.39, 0.29) is 34.7 Å². The summed E-state index contributed by atoms with van der Waals surface area (Å²) in [5.74, 6) is -0.303. The molecule has 33 heavy (non-hydrogen) atoms. The quantitative estimate of drug-likeness (QED) is 0.364. The summed E-state index contributed by atoms with van der Waals surface area (Å²) >= 11 is 0. The van der Waals surface area contributed by atoms with Crippen molar-refractivity contribution in [2.45, 2.75) is 84.8 Å². The molecule has 0 aliphatic carbocycles. The van der Waals surface area contributed by atoms with Crippen molar-refractivity contribution >= 4 is 23.5 Å². The number of rotatable bonds is 9. The molecule has 184 valence electrons. The second kappa shape index (κ2) is 11.0. The zero-order valence-electron chi connectivity index (χ0n) is 20.9. The molecule has 1 heterocycles. The smallest absolute Gasteiger partial charge is 0.312 e. The molecular weight excluding hydrogens is 418 g/mol. The van der Waals surface area contributed by atoms with Gasteiger partial charge >= 0.3 is 6.03 Å². The molecule has 4 amide bonds. The van der Waals surface area contributed by atoms with E-state index in [4.69, 9.17) is 5.73 Å². The number of nitrogens with two attached hydrogens (primary N) is 1. The summed E-state index contributed by atoms with van der Waals surface area (Å²) in [7, 11) is 0. The second-order valence-corrected chi connectivity index (χ2v) is 11.1. The maximum Gasteiger partial charge on any atom is 0.312 e. The first-order valence-corrected chi connectivity index (χ1v) is 11.8. The topological polar surface area (TPSA) is 125 Å². The highest BCUT2D eigenvalue weighted by Crippen LogP contribution is 2.28. The van der Waals surface area contributed by atoms with Crippen LogP contribution in [-0.4, -0.2) is 42.0 Å². The number of urea groups is 1. The van der Waals surface area contributed by atoms with Crippen molar-refractivity contribution in [1.29, 1.82) is 0 Å². The van der Waals surface area contributed by atoms with E-state index in [1.807, 2.05) is 31.2 Å². The molecule has 8 heteroatoms. The van der Waals surface area contributed by atoms with Crippen molar-refractivity contribution in [3.8, 4) is 0 Å². The molecule has 0 aromatic heterocycles. The third-order valence-electron chi connectivity index (χ3n) is 5.79. The summed E-state index contributed by atoms with van der Waals surface area (Å²) in [5.41, 5.74) is 7.05. The Bertz CT molecular complexity index is 829. The van der Waals surface area contributed by atoms with Crippen molar-refractivity contribution in [2.24, 2.45) is 17.1 Å². The Balaban J connectivity index is 2.04. The van der Waals surface area contributed by atoms with Gasteiger partial charge in [0.25, 0.3) is 0 Å². The lowest BCUT2D eigenvalue weighted by Crippen LogP contribution is -2.53. The van der Waals surface area contributed by atoms with Crippen molar-refractivity contribution in [2.75, 3.05) is 11.9 Å². The van der Waals surface area contributed by atoms with Gasteiger partial charge < -0.3 is 27.0 Å². The van der Waals surface area contributed by atoms with Gasteiger partial charge in [-0.25, -0.2) is 4.79 Å². The van der Waals surface area contributed by atoms with Gasteiger partial charge in [-0.15, -0.1) is 0 Å². The van der Waals surface area contributed by atoms with Crippen LogP contribution < -0.4 is 27.0 Å². The second-order valence-electron chi connectivity index (χ2n) is 11.1. The van der Waals surface area contributed by atoms with Crippen molar-refractivity contribution in [3.05, 3.63) is 29.8 Å². The molecule has 1 fully saturated rings. The fourth-order valence-electron chi connectivity index (χ4n) is 4.46. The summed E-state index contributed by atoms with van der Waals surface area (Å²) in [4.78, 5) is 37.0. The van der Waals surface area contributed by atoms with Gasteiger partial charge in [0.05, 0.1) is 6.04 Å². The van der Waals surface area contributed by atoms with Crippen molar-refractivity contribution in [1.82, 2.24) is 16.0 Å². The molecule has 2 rings (SSSR count). The van der Waals surface area contributed by atoms with E-state index < -0.39 is 12.1 Å². The highest BCUT2D eigenvalue weighted by Gasteiger charge is 2.40. The summed E-state index contributed by atoms with van der Waals surface area (Å²) in [6.07, 6.45) is 2.70. The number of benzene rings is 1. The number of hydrogen-bond acceptors (Lipinski definition) is 4. The van der Waals surface area contributed by atoms with Crippen LogP contribution in [0.25, 0.3) is 0 Å². The van der Waals surface area contributed by atoms with Crippen LogP contribution in [0.5, 0.6) is 0 Å². The standard InChI is InChI=1S/C25H41N5O3/c1-16-14-25(5,6)30-20(16)22(32)29-19(8-7-13-27-23(26)33)21(31)28-18-11-9-17(10-12-18)15-24(2,3)4/h9-12,16,19-20,30H,7-8,13-15H2,1-6H3,(H,28,31)(H,29,32)(H3,26,27,33)/t16?,19-,20-/m0/s1. The van der Waals surface area contributed by atoms with Crippen LogP contribution in [0.3, 0.4) is 0 Å². The van der Waals surface area contributed by atoms with Crippen LogP contribution in [0.2, 0.25) is 0 Å². The Hall–Kier alpha value is -2.61. The summed E-state index contributed by atoms with van der Waals surface area (Å²) in [6, 6.07) is 6.11. The van der Waals surface area contributed by atoms with Gasteiger partial charge in [0.1, 0.15) is 6.04 Å². The van der Waals surface area contributed by atoms with E-state index in [0.29, 0.717) is 25.1 Å². The molecule has 1 aromatic carbocycles. The summed E-state index contributed by atoms with van der Waals surface area (Å²) in [6.45, 7) is 13.1. The molecule has 1 aliphatic rings. The summed E-state index contributed by atoms with van der Waals surface area (Å²) in [5, 5.41) is 11.7. The highest BCUT2D eigenvalue weighted by atomic mass is 16.2. The van der Waals surface area contributed by atoms with Crippen LogP contribution in [0.15, 0.2) is 24.3 Å². The van der Waals surface area contributed by atoms with Gasteiger partial charge in [0.15, 0.2) is 0 Å². The molecule has 3 atom stereocenters. The Morgan fingerprint density at radius 3 is 2.33 bits per heavy atom. The Morgan fingerprint density at radius 1 is 1.18 bits per heavy atom. The van der Waals surface area contributed by atoms with Gasteiger partial charge in [0.2, 0.25) is 11.8 Å². The predicted octanol–water partition coefficient (Wildman–Crippen LogP) is 2.92. The number of carbonyl (C=O) groups is 3. The van der Waals surface area contributed by atoms with E-state index in [1.54, 1.807) is 0 Å². The average Bonchev–Trinajstić information content (AvgIpc) is 2.96. The monoisotopic (exact) mass is 459 g/mol. The minimum absolute atomic E-state index is 0.126. The first-order valence-electron chi connectivity index (χ1n) is 11.8. The van der Waals surface area contributed by atoms with Crippen LogP contribution in [0.4, 0.5) is 10.5 Å². The van der Waals surface area contributed by atoms with Gasteiger partial charge in [-0.05, 0) is 68.6 Å². The molecule has 6 N–H and O–H groups in total. The number of anilines is 1. The maximum absolute atomic E-state index is 13.1. The van der Waals surface area contributed by atoms with Crippen molar-refractivity contribution in [3.63, 3.8) is 0 Å². The number of nitrogens with one attached hydrogen (secondary N) is 4. The van der Waals surface area contributed by atoms with Gasteiger partial charge in [-0.1, -0.05) is 39.8 Å². The van der Waals surface area contributed by atoms with E-state index >= 15 is 0 Å². The molecule has 0 saturated carbocycles. The Kier molecular flexibility index (Phi) is 8.89. The molecule has 1 aliphatic heterocycles.